The Hall–Kier alpha value is -2.60. The molecule has 0 radical (unpaired) electrons. The summed E-state index contributed by atoms with van der Waals surface area (Å²) in [6, 6.07) is 10.1. The van der Waals surface area contributed by atoms with Crippen LogP contribution in [0.4, 0.5) is 0 Å². The van der Waals surface area contributed by atoms with Gasteiger partial charge in [0.25, 0.3) is 0 Å². The third-order valence-corrected chi connectivity index (χ3v) is 6.34. The molecule has 29 heavy (non-hydrogen) atoms. The number of rotatable bonds is 4. The van der Waals surface area contributed by atoms with Crippen molar-refractivity contribution in [2.45, 2.75) is 31.9 Å². The number of fused-ring (bicyclic) bond motifs is 2. The summed E-state index contributed by atoms with van der Waals surface area (Å²) in [5, 5.41) is 0. The monoisotopic (exact) mass is 397 g/mol. The van der Waals surface area contributed by atoms with E-state index in [0.717, 1.165) is 53.0 Å². The smallest absolute Gasteiger partial charge is 0.231 e. The van der Waals surface area contributed by atoms with Gasteiger partial charge < -0.3 is 23.7 Å². The second kappa shape index (κ2) is 7.34. The second-order valence-electron chi connectivity index (χ2n) is 7.94. The van der Waals surface area contributed by atoms with Crippen molar-refractivity contribution in [2.24, 2.45) is 5.92 Å². The van der Waals surface area contributed by atoms with Crippen LogP contribution in [0.5, 0.6) is 28.7 Å². The summed E-state index contributed by atoms with van der Waals surface area (Å²) < 4.78 is 29.0. The van der Waals surface area contributed by atoms with Crippen LogP contribution in [0.2, 0.25) is 0 Å². The first-order chi connectivity index (χ1) is 14.2. The molecule has 6 heteroatoms. The van der Waals surface area contributed by atoms with Gasteiger partial charge in [0.05, 0.1) is 14.2 Å². The fraction of sp³-hybridized carbons (Fsp3) is 0.478. The molecule has 0 unspecified atom stereocenters. The van der Waals surface area contributed by atoms with Crippen molar-refractivity contribution in [1.29, 1.82) is 0 Å². The molecule has 1 saturated heterocycles. The van der Waals surface area contributed by atoms with Crippen molar-refractivity contribution in [3.8, 4) is 28.7 Å². The third-order valence-electron chi connectivity index (χ3n) is 6.34. The highest BCUT2D eigenvalue weighted by molar-refractivity contribution is 5.58. The van der Waals surface area contributed by atoms with Gasteiger partial charge in [-0.25, -0.2) is 0 Å². The number of methoxy groups -OCH3 is 2. The Balaban J connectivity index is 1.64. The second-order valence-corrected chi connectivity index (χ2v) is 7.94. The maximum absolute atomic E-state index is 6.55. The van der Waals surface area contributed by atoms with E-state index < -0.39 is 0 Å². The van der Waals surface area contributed by atoms with Gasteiger partial charge in [-0.05, 0) is 25.0 Å². The molecule has 0 saturated carbocycles. The zero-order chi connectivity index (χ0) is 20.0. The van der Waals surface area contributed by atoms with Crippen molar-refractivity contribution in [3.05, 3.63) is 41.5 Å². The fourth-order valence-corrected chi connectivity index (χ4v) is 4.90. The van der Waals surface area contributed by atoms with Gasteiger partial charge in [-0.1, -0.05) is 13.0 Å². The van der Waals surface area contributed by atoms with Crippen LogP contribution in [-0.2, 0) is 0 Å². The van der Waals surface area contributed by atoms with Crippen molar-refractivity contribution in [1.82, 2.24) is 4.90 Å². The summed E-state index contributed by atoms with van der Waals surface area (Å²) in [5.74, 6) is 4.35. The molecule has 3 aliphatic heterocycles. The molecule has 0 aromatic heterocycles. The Labute approximate surface area is 171 Å². The average molecular weight is 397 g/mol. The predicted octanol–water partition coefficient (Wildman–Crippen LogP) is 4.01. The van der Waals surface area contributed by atoms with Crippen molar-refractivity contribution >= 4 is 0 Å². The lowest BCUT2D eigenvalue weighted by atomic mass is 9.77. The van der Waals surface area contributed by atoms with Crippen molar-refractivity contribution in [3.63, 3.8) is 0 Å². The Bertz CT molecular complexity index is 908. The molecular weight excluding hydrogens is 370 g/mol. The molecular formula is C23H27NO5. The van der Waals surface area contributed by atoms with E-state index in [9.17, 15) is 0 Å². The summed E-state index contributed by atoms with van der Waals surface area (Å²) in [6.07, 6.45) is 2.45. The van der Waals surface area contributed by atoms with E-state index in [4.69, 9.17) is 23.7 Å². The number of hydrogen-bond donors (Lipinski definition) is 0. The third kappa shape index (κ3) is 3.06. The molecule has 2 aromatic carbocycles. The van der Waals surface area contributed by atoms with Crippen LogP contribution in [0.25, 0.3) is 0 Å². The van der Waals surface area contributed by atoms with E-state index in [1.165, 1.54) is 12.8 Å². The van der Waals surface area contributed by atoms with Crippen molar-refractivity contribution < 1.29 is 23.7 Å². The predicted molar refractivity (Wildman–Crippen MR) is 108 cm³/mol. The average Bonchev–Trinajstić information content (AvgIpc) is 3.43. The maximum atomic E-state index is 6.55. The zero-order valence-corrected chi connectivity index (χ0v) is 17.1. The van der Waals surface area contributed by atoms with Gasteiger partial charge in [0.2, 0.25) is 6.79 Å². The van der Waals surface area contributed by atoms with Gasteiger partial charge in [0.1, 0.15) is 17.2 Å². The van der Waals surface area contributed by atoms with E-state index >= 15 is 0 Å². The Morgan fingerprint density at radius 3 is 2.38 bits per heavy atom. The molecule has 5 rings (SSSR count). The number of ether oxygens (including phenoxy) is 5. The van der Waals surface area contributed by atoms with E-state index in [1.807, 2.05) is 18.2 Å². The summed E-state index contributed by atoms with van der Waals surface area (Å²) in [4.78, 5) is 2.46. The number of nitrogens with zero attached hydrogens (tertiary/aromatic N) is 1. The lowest BCUT2D eigenvalue weighted by Gasteiger charge is -2.42. The largest absolute Gasteiger partial charge is 0.497 e. The minimum absolute atomic E-state index is 0.0159. The maximum Gasteiger partial charge on any atom is 0.231 e. The highest BCUT2D eigenvalue weighted by Crippen LogP contribution is 2.51. The lowest BCUT2D eigenvalue weighted by molar-refractivity contribution is -0.0180. The number of likely N-dealkylation sites (tertiary alicyclic amines) is 1. The minimum atomic E-state index is 0.0159. The molecule has 3 atom stereocenters. The highest BCUT2D eigenvalue weighted by Gasteiger charge is 2.42. The SMILES string of the molecule is COc1ccc([C@@H]2c3cc4c(cc3O[C@H](N3CCCC3)[C@@H]2C)OCO4)c(OC)c1. The van der Waals surface area contributed by atoms with E-state index in [0.29, 0.717) is 0 Å². The molecule has 0 amide bonds. The first kappa shape index (κ1) is 18.4. The van der Waals surface area contributed by atoms with Crippen LogP contribution in [0.3, 0.4) is 0 Å². The molecule has 3 aliphatic rings. The molecule has 0 spiro atoms. The van der Waals surface area contributed by atoms with Gasteiger partial charge in [0, 0.05) is 48.2 Å². The molecule has 0 bridgehead atoms. The normalized spacial score (nSPS) is 25.4. The van der Waals surface area contributed by atoms with Crippen LogP contribution < -0.4 is 23.7 Å². The van der Waals surface area contributed by atoms with Crippen LogP contribution in [-0.4, -0.2) is 45.2 Å². The topological polar surface area (TPSA) is 49.4 Å². The van der Waals surface area contributed by atoms with Gasteiger partial charge in [0.15, 0.2) is 17.7 Å². The number of benzene rings is 2. The first-order valence-electron chi connectivity index (χ1n) is 10.3. The molecule has 154 valence electrons. The van der Waals surface area contributed by atoms with Crippen LogP contribution in [0, 0.1) is 5.92 Å². The van der Waals surface area contributed by atoms with Gasteiger partial charge in [-0.3, -0.25) is 4.90 Å². The van der Waals surface area contributed by atoms with Gasteiger partial charge in [-0.15, -0.1) is 0 Å². The fourth-order valence-electron chi connectivity index (χ4n) is 4.90. The molecule has 3 heterocycles. The summed E-state index contributed by atoms with van der Waals surface area (Å²) >= 11 is 0. The standard InChI is InChI=1S/C23H27NO5/c1-14-22(16-7-6-15(25-2)10-18(16)26-3)17-11-20-21(28-13-27-20)12-19(17)29-23(14)24-8-4-5-9-24/h6-7,10-12,14,22-23H,4-5,8-9,13H2,1-3H3/t14-,22-,23+/m1/s1. The molecule has 0 N–H and O–H groups in total. The summed E-state index contributed by atoms with van der Waals surface area (Å²) in [7, 11) is 3.38. The molecule has 0 aliphatic carbocycles. The van der Waals surface area contributed by atoms with Crippen LogP contribution in [0.15, 0.2) is 30.3 Å². The lowest BCUT2D eigenvalue weighted by Crippen LogP contribution is -2.47. The molecule has 6 nitrogen and oxygen atoms in total. The van der Waals surface area contributed by atoms with Crippen LogP contribution >= 0.6 is 0 Å². The zero-order valence-electron chi connectivity index (χ0n) is 17.1. The quantitative estimate of drug-likeness (QED) is 0.777. The minimum Gasteiger partial charge on any atom is -0.497 e. The summed E-state index contributed by atoms with van der Waals surface area (Å²) in [6.45, 7) is 4.66. The van der Waals surface area contributed by atoms with Crippen molar-refractivity contribution in [2.75, 3.05) is 34.1 Å². The number of hydrogen-bond acceptors (Lipinski definition) is 6. The first-order valence-corrected chi connectivity index (χ1v) is 10.3. The van der Waals surface area contributed by atoms with Crippen LogP contribution in [0.1, 0.15) is 36.8 Å². The van der Waals surface area contributed by atoms with Gasteiger partial charge in [-0.2, -0.15) is 0 Å². The van der Waals surface area contributed by atoms with E-state index in [1.54, 1.807) is 14.2 Å². The van der Waals surface area contributed by atoms with E-state index in [-0.39, 0.29) is 24.9 Å². The Morgan fingerprint density at radius 1 is 0.897 bits per heavy atom. The highest BCUT2D eigenvalue weighted by atomic mass is 16.7. The Kier molecular flexibility index (Phi) is 4.66. The molecule has 2 aromatic rings. The van der Waals surface area contributed by atoms with E-state index in [2.05, 4.69) is 24.0 Å². The Morgan fingerprint density at radius 2 is 1.66 bits per heavy atom. The molecule has 1 fully saturated rings. The summed E-state index contributed by atoms with van der Waals surface area (Å²) in [5.41, 5.74) is 2.24. The van der Waals surface area contributed by atoms with Gasteiger partial charge >= 0.3 is 0 Å².